The average molecular weight is 495 g/mol. The van der Waals surface area contributed by atoms with Crippen LogP contribution in [0, 0.1) is 17.6 Å². The van der Waals surface area contributed by atoms with Crippen LogP contribution in [0.15, 0.2) is 53.1 Å². The smallest absolute Gasteiger partial charge is 0.229 e. The van der Waals surface area contributed by atoms with Crippen LogP contribution >= 0.6 is 0 Å². The summed E-state index contributed by atoms with van der Waals surface area (Å²) in [6, 6.07) is 13.6. The van der Waals surface area contributed by atoms with E-state index in [0.29, 0.717) is 11.7 Å². The Hall–Kier alpha value is -3.13. The Labute approximate surface area is 210 Å². The summed E-state index contributed by atoms with van der Waals surface area (Å²) >= 11 is 0. The lowest BCUT2D eigenvalue weighted by Gasteiger charge is -2.32. The molecular weight excluding hydrogens is 462 g/mol. The van der Waals surface area contributed by atoms with Crippen LogP contribution in [0.2, 0.25) is 0 Å². The van der Waals surface area contributed by atoms with Crippen molar-refractivity contribution in [1.82, 2.24) is 20.4 Å². The van der Waals surface area contributed by atoms with E-state index in [9.17, 15) is 13.6 Å². The Bertz CT molecular complexity index is 1160. The van der Waals surface area contributed by atoms with Gasteiger partial charge in [0.1, 0.15) is 11.6 Å². The number of rotatable bonds is 9. The van der Waals surface area contributed by atoms with Crippen molar-refractivity contribution >= 4 is 5.91 Å². The number of hydrogen-bond donors (Lipinski definition) is 1. The van der Waals surface area contributed by atoms with Crippen LogP contribution in [0.25, 0.3) is 0 Å². The van der Waals surface area contributed by atoms with E-state index < -0.39 is 11.6 Å². The zero-order valence-corrected chi connectivity index (χ0v) is 20.3. The van der Waals surface area contributed by atoms with Gasteiger partial charge in [-0.1, -0.05) is 41.9 Å². The Balaban J connectivity index is 1.13. The number of nitrogens with zero attached hydrogens (tertiary/aromatic N) is 3. The molecule has 1 amide bonds. The molecule has 0 radical (unpaired) electrons. The summed E-state index contributed by atoms with van der Waals surface area (Å²) in [6.07, 6.45) is 5.87. The SMILES string of the molecule is O=C(N[C@@H](CCN1CCC(c2nc(Cc3cc(F)ccc3F)no2)CC1)c1ccccc1)C1CCC1. The van der Waals surface area contributed by atoms with Crippen molar-refractivity contribution in [2.75, 3.05) is 19.6 Å². The first-order valence-electron chi connectivity index (χ1n) is 12.9. The second-order valence-corrected chi connectivity index (χ2v) is 9.97. The van der Waals surface area contributed by atoms with Gasteiger partial charge in [-0.3, -0.25) is 4.79 Å². The minimum atomic E-state index is -0.486. The average Bonchev–Trinajstić information content (AvgIpc) is 3.32. The van der Waals surface area contributed by atoms with Crippen molar-refractivity contribution < 1.29 is 18.1 Å². The molecule has 8 heteroatoms. The molecule has 3 aromatic rings. The molecule has 36 heavy (non-hydrogen) atoms. The normalized spacial score (nSPS) is 18.1. The molecule has 190 valence electrons. The lowest BCUT2D eigenvalue weighted by Crippen LogP contribution is -2.39. The molecule has 2 aromatic carbocycles. The number of likely N-dealkylation sites (tertiary alicyclic amines) is 1. The molecule has 1 saturated heterocycles. The van der Waals surface area contributed by atoms with Crippen molar-refractivity contribution in [3.63, 3.8) is 0 Å². The number of halogens is 2. The Morgan fingerprint density at radius 1 is 1.08 bits per heavy atom. The van der Waals surface area contributed by atoms with Crippen molar-refractivity contribution in [2.45, 2.75) is 56.9 Å². The first-order chi connectivity index (χ1) is 17.5. The van der Waals surface area contributed by atoms with Gasteiger partial charge < -0.3 is 14.7 Å². The van der Waals surface area contributed by atoms with Crippen LogP contribution in [0.4, 0.5) is 8.78 Å². The third-order valence-corrected chi connectivity index (χ3v) is 7.51. The van der Waals surface area contributed by atoms with E-state index in [1.54, 1.807) is 0 Å². The van der Waals surface area contributed by atoms with E-state index in [-0.39, 0.29) is 35.8 Å². The predicted octanol–water partition coefficient (Wildman–Crippen LogP) is 5.17. The number of piperidine rings is 1. The molecule has 1 N–H and O–H groups in total. The van der Waals surface area contributed by atoms with Crippen LogP contribution in [0.5, 0.6) is 0 Å². The highest BCUT2D eigenvalue weighted by Gasteiger charge is 2.29. The van der Waals surface area contributed by atoms with Crippen molar-refractivity contribution in [3.8, 4) is 0 Å². The first kappa shape index (κ1) is 24.6. The minimum absolute atomic E-state index is 0.0127. The standard InChI is InChI=1S/C28H32F2N4O2/c29-23-9-10-24(30)22(17-23)18-26-32-28(36-33-26)21-11-14-34(15-12-21)16-13-25(19-5-2-1-3-6-19)31-27(35)20-7-4-8-20/h1-3,5-6,9-10,17,20-21,25H,4,7-8,11-16,18H2,(H,31,35)/t25-/m0/s1. The Kier molecular flexibility index (Phi) is 7.70. The lowest BCUT2D eigenvalue weighted by molar-refractivity contribution is -0.128. The maximum absolute atomic E-state index is 13.9. The largest absolute Gasteiger partial charge is 0.349 e. The summed E-state index contributed by atoms with van der Waals surface area (Å²) in [6.45, 7) is 2.70. The van der Waals surface area contributed by atoms with Crippen molar-refractivity contribution in [1.29, 1.82) is 0 Å². The fourth-order valence-electron chi connectivity index (χ4n) is 5.04. The van der Waals surface area contributed by atoms with Crippen molar-refractivity contribution in [3.05, 3.63) is 83.0 Å². The van der Waals surface area contributed by atoms with Gasteiger partial charge in [0.05, 0.1) is 6.04 Å². The fraction of sp³-hybridized carbons (Fsp3) is 0.464. The molecule has 1 aliphatic heterocycles. The zero-order valence-electron chi connectivity index (χ0n) is 20.3. The van der Waals surface area contributed by atoms with Gasteiger partial charge in [0.15, 0.2) is 5.82 Å². The number of amides is 1. The van der Waals surface area contributed by atoms with Gasteiger partial charge in [-0.25, -0.2) is 8.78 Å². The molecule has 2 fully saturated rings. The summed E-state index contributed by atoms with van der Waals surface area (Å²) in [5.74, 6) is 0.473. The lowest BCUT2D eigenvalue weighted by atomic mass is 9.84. The summed E-state index contributed by atoms with van der Waals surface area (Å²) in [5, 5.41) is 7.28. The van der Waals surface area contributed by atoms with E-state index in [1.807, 2.05) is 18.2 Å². The van der Waals surface area contributed by atoms with Gasteiger partial charge in [-0.2, -0.15) is 4.98 Å². The third-order valence-electron chi connectivity index (χ3n) is 7.51. The molecule has 1 aromatic heterocycles. The number of hydrogen-bond acceptors (Lipinski definition) is 5. The van der Waals surface area contributed by atoms with E-state index in [4.69, 9.17) is 4.52 Å². The van der Waals surface area contributed by atoms with Crippen LogP contribution in [-0.2, 0) is 11.2 Å². The predicted molar refractivity (Wildman–Crippen MR) is 131 cm³/mol. The topological polar surface area (TPSA) is 71.3 Å². The summed E-state index contributed by atoms with van der Waals surface area (Å²) in [4.78, 5) is 19.5. The quantitative estimate of drug-likeness (QED) is 0.445. The highest BCUT2D eigenvalue weighted by atomic mass is 19.1. The molecular formula is C28H32F2N4O2. The Morgan fingerprint density at radius 3 is 2.58 bits per heavy atom. The van der Waals surface area contributed by atoms with Crippen LogP contribution < -0.4 is 5.32 Å². The summed E-state index contributed by atoms with van der Waals surface area (Å²) in [5.41, 5.74) is 1.36. The monoisotopic (exact) mass is 494 g/mol. The van der Waals surface area contributed by atoms with Crippen LogP contribution in [-0.4, -0.2) is 40.6 Å². The van der Waals surface area contributed by atoms with Gasteiger partial charge >= 0.3 is 0 Å². The molecule has 0 unspecified atom stereocenters. The number of carbonyl (C=O) groups is 1. The molecule has 2 aliphatic rings. The van der Waals surface area contributed by atoms with E-state index >= 15 is 0 Å². The maximum Gasteiger partial charge on any atom is 0.229 e. The van der Waals surface area contributed by atoms with Gasteiger partial charge in [-0.15, -0.1) is 0 Å². The molecule has 0 spiro atoms. The highest BCUT2D eigenvalue weighted by Crippen LogP contribution is 2.30. The number of aromatic nitrogens is 2. The molecule has 5 rings (SSSR count). The molecule has 1 saturated carbocycles. The fourth-order valence-corrected chi connectivity index (χ4v) is 5.04. The van der Waals surface area contributed by atoms with Gasteiger partial charge in [-0.05, 0) is 74.5 Å². The second-order valence-electron chi connectivity index (χ2n) is 9.97. The third kappa shape index (κ3) is 5.98. The van der Waals surface area contributed by atoms with Gasteiger partial charge in [0.25, 0.3) is 0 Å². The van der Waals surface area contributed by atoms with Crippen LogP contribution in [0.3, 0.4) is 0 Å². The number of benzene rings is 2. The highest BCUT2D eigenvalue weighted by molar-refractivity contribution is 5.79. The summed E-state index contributed by atoms with van der Waals surface area (Å²) in [7, 11) is 0. The van der Waals surface area contributed by atoms with Crippen LogP contribution in [0.1, 0.15) is 73.3 Å². The van der Waals surface area contributed by atoms with E-state index in [2.05, 4.69) is 32.5 Å². The summed E-state index contributed by atoms with van der Waals surface area (Å²) < 4.78 is 32.9. The van der Waals surface area contributed by atoms with Gasteiger partial charge in [0.2, 0.25) is 11.8 Å². The number of carbonyl (C=O) groups excluding carboxylic acids is 1. The molecule has 0 bridgehead atoms. The second kappa shape index (κ2) is 11.3. The molecule has 2 heterocycles. The minimum Gasteiger partial charge on any atom is -0.349 e. The van der Waals surface area contributed by atoms with E-state index in [0.717, 1.165) is 75.9 Å². The zero-order chi connectivity index (χ0) is 24.9. The van der Waals surface area contributed by atoms with E-state index in [1.165, 1.54) is 6.07 Å². The first-order valence-corrected chi connectivity index (χ1v) is 12.9. The van der Waals surface area contributed by atoms with Crippen molar-refractivity contribution in [2.24, 2.45) is 5.92 Å². The van der Waals surface area contributed by atoms with Gasteiger partial charge in [0, 0.05) is 24.8 Å². The molecule has 1 aliphatic carbocycles. The molecule has 1 atom stereocenters. The Morgan fingerprint density at radius 2 is 1.86 bits per heavy atom. The number of nitrogens with one attached hydrogen (secondary N) is 1. The maximum atomic E-state index is 13.9. The molecule has 6 nitrogen and oxygen atoms in total.